The number of halogens is 1. The maximum atomic E-state index is 10.6. The fourth-order valence-electron chi connectivity index (χ4n) is 2.04. The number of hydrogen-bond donors (Lipinski definition) is 1. The van der Waals surface area contributed by atoms with Gasteiger partial charge in [-0.2, -0.15) is 0 Å². The third kappa shape index (κ3) is 3.94. The zero-order valence-corrected chi connectivity index (χ0v) is 12.8. The number of aliphatic hydroxyl groups excluding tert-OH is 1. The Morgan fingerprint density at radius 3 is 2.38 bits per heavy atom. The first-order chi connectivity index (χ1) is 10.0. The lowest BCUT2D eigenvalue weighted by Crippen LogP contribution is -2.33. The van der Waals surface area contributed by atoms with Gasteiger partial charge in [0, 0.05) is 5.02 Å². The Balaban J connectivity index is 2.12. The fourth-order valence-corrected chi connectivity index (χ4v) is 2.16. The summed E-state index contributed by atoms with van der Waals surface area (Å²) in [4.78, 5) is 0. The van der Waals surface area contributed by atoms with E-state index in [4.69, 9.17) is 16.3 Å². The lowest BCUT2D eigenvalue weighted by molar-refractivity contribution is -0.0908. The molecule has 0 saturated carbocycles. The predicted octanol–water partition coefficient (Wildman–Crippen LogP) is 4.53. The summed E-state index contributed by atoms with van der Waals surface area (Å²) in [6.07, 6.45) is 0.825. The van der Waals surface area contributed by atoms with E-state index in [-0.39, 0.29) is 0 Å². The van der Waals surface area contributed by atoms with Gasteiger partial charge in [0.2, 0.25) is 0 Å². The van der Waals surface area contributed by atoms with Crippen molar-refractivity contribution < 1.29 is 9.84 Å². The molecule has 2 aromatic rings. The second-order valence-electron chi connectivity index (χ2n) is 5.12. The molecule has 0 bridgehead atoms. The van der Waals surface area contributed by atoms with Crippen molar-refractivity contribution in [3.63, 3.8) is 0 Å². The van der Waals surface area contributed by atoms with Crippen LogP contribution >= 0.6 is 11.6 Å². The molecule has 110 valence electrons. The molecular weight excluding hydrogens is 284 g/mol. The van der Waals surface area contributed by atoms with Gasteiger partial charge in [0.1, 0.15) is 11.7 Å². The van der Waals surface area contributed by atoms with Crippen LogP contribution in [0.5, 0.6) is 0 Å². The highest BCUT2D eigenvalue weighted by molar-refractivity contribution is 6.30. The van der Waals surface area contributed by atoms with Crippen LogP contribution < -0.4 is 0 Å². The molecule has 21 heavy (non-hydrogen) atoms. The summed E-state index contributed by atoms with van der Waals surface area (Å²) in [6.45, 7) is 6.03. The molecule has 0 amide bonds. The van der Waals surface area contributed by atoms with Crippen molar-refractivity contribution in [1.82, 2.24) is 0 Å². The van der Waals surface area contributed by atoms with E-state index in [1.165, 1.54) is 0 Å². The summed E-state index contributed by atoms with van der Waals surface area (Å²) in [5.74, 6) is 0. The van der Waals surface area contributed by atoms with Gasteiger partial charge in [0.15, 0.2) is 0 Å². The van der Waals surface area contributed by atoms with Crippen molar-refractivity contribution in [1.29, 1.82) is 0 Å². The Labute approximate surface area is 130 Å². The zero-order chi connectivity index (χ0) is 15.3. The van der Waals surface area contributed by atoms with Gasteiger partial charge in [0.25, 0.3) is 0 Å². The molecule has 0 aromatic heterocycles. The summed E-state index contributed by atoms with van der Waals surface area (Å²) in [7, 11) is 0. The molecule has 0 aliphatic heterocycles. The molecule has 0 aliphatic rings. The van der Waals surface area contributed by atoms with Crippen LogP contribution in [0, 0.1) is 0 Å². The average Bonchev–Trinajstić information content (AvgIpc) is 2.53. The molecule has 3 heteroatoms. The molecule has 0 aliphatic carbocycles. The van der Waals surface area contributed by atoms with Crippen molar-refractivity contribution >= 4 is 11.6 Å². The van der Waals surface area contributed by atoms with Crippen LogP contribution in [0.25, 0.3) is 0 Å². The Morgan fingerprint density at radius 2 is 1.81 bits per heavy atom. The van der Waals surface area contributed by atoms with Gasteiger partial charge in [-0.1, -0.05) is 60.1 Å². The summed E-state index contributed by atoms with van der Waals surface area (Å²) in [5.41, 5.74) is 0.924. The van der Waals surface area contributed by atoms with E-state index in [9.17, 15) is 5.11 Å². The third-order valence-corrected chi connectivity index (χ3v) is 3.78. The number of rotatable bonds is 6. The van der Waals surface area contributed by atoms with Crippen molar-refractivity contribution in [2.24, 2.45) is 0 Å². The predicted molar refractivity (Wildman–Crippen MR) is 86.2 cm³/mol. The van der Waals surface area contributed by atoms with E-state index in [2.05, 4.69) is 6.58 Å². The SMILES string of the molecule is C=C[C@](C)(OCc1ccccc1)[C@@H](O)c1ccc(Cl)cc1. The van der Waals surface area contributed by atoms with E-state index >= 15 is 0 Å². The Bertz CT molecular complexity index is 580. The molecule has 0 radical (unpaired) electrons. The number of benzene rings is 2. The van der Waals surface area contributed by atoms with Crippen molar-refractivity contribution in [3.05, 3.63) is 83.4 Å². The lowest BCUT2D eigenvalue weighted by Gasteiger charge is -2.32. The van der Waals surface area contributed by atoms with Crippen molar-refractivity contribution in [2.75, 3.05) is 0 Å². The van der Waals surface area contributed by atoms with Gasteiger partial charge >= 0.3 is 0 Å². The molecule has 0 heterocycles. The minimum absolute atomic E-state index is 0.411. The minimum Gasteiger partial charge on any atom is -0.385 e. The number of ether oxygens (including phenoxy) is 1. The van der Waals surface area contributed by atoms with E-state index in [1.54, 1.807) is 30.3 Å². The van der Waals surface area contributed by atoms with E-state index in [1.807, 2.05) is 37.3 Å². The fraction of sp³-hybridized carbons (Fsp3) is 0.222. The molecular formula is C18H19ClO2. The standard InChI is InChI=1S/C18H19ClO2/c1-3-18(2,21-13-14-7-5-4-6-8-14)17(20)15-9-11-16(19)12-10-15/h3-12,17,20H,1,13H2,2H3/t17-,18-/m0/s1. The van der Waals surface area contributed by atoms with Crippen LogP contribution in [0.1, 0.15) is 24.2 Å². The third-order valence-electron chi connectivity index (χ3n) is 3.53. The van der Waals surface area contributed by atoms with Gasteiger partial charge in [-0.3, -0.25) is 0 Å². The van der Waals surface area contributed by atoms with Crippen molar-refractivity contribution in [3.8, 4) is 0 Å². The van der Waals surface area contributed by atoms with Gasteiger partial charge in [-0.05, 0) is 30.2 Å². The van der Waals surface area contributed by atoms with Gasteiger partial charge in [-0.15, -0.1) is 6.58 Å². The largest absolute Gasteiger partial charge is 0.385 e. The molecule has 1 N–H and O–H groups in total. The summed E-state index contributed by atoms with van der Waals surface area (Å²) >= 11 is 5.87. The molecule has 2 atom stereocenters. The molecule has 2 nitrogen and oxygen atoms in total. The highest BCUT2D eigenvalue weighted by atomic mass is 35.5. The average molecular weight is 303 g/mol. The minimum atomic E-state index is -0.871. The second kappa shape index (κ2) is 6.90. The quantitative estimate of drug-likeness (QED) is 0.794. The molecule has 0 unspecified atom stereocenters. The number of hydrogen-bond acceptors (Lipinski definition) is 2. The van der Waals surface area contributed by atoms with Crippen molar-refractivity contribution in [2.45, 2.75) is 25.2 Å². The van der Waals surface area contributed by atoms with Gasteiger partial charge in [-0.25, -0.2) is 0 Å². The van der Waals surface area contributed by atoms with Crippen LogP contribution in [0.15, 0.2) is 67.3 Å². The molecule has 0 saturated heterocycles. The highest BCUT2D eigenvalue weighted by Crippen LogP contribution is 2.31. The monoisotopic (exact) mass is 302 g/mol. The zero-order valence-electron chi connectivity index (χ0n) is 12.0. The molecule has 0 spiro atoms. The van der Waals surface area contributed by atoms with Gasteiger partial charge < -0.3 is 9.84 Å². The summed E-state index contributed by atoms with van der Waals surface area (Å²) in [6, 6.07) is 16.9. The summed E-state index contributed by atoms with van der Waals surface area (Å²) in [5, 5.41) is 11.2. The first-order valence-corrected chi connectivity index (χ1v) is 7.18. The topological polar surface area (TPSA) is 29.5 Å². The first-order valence-electron chi connectivity index (χ1n) is 6.80. The van der Waals surface area contributed by atoms with E-state index < -0.39 is 11.7 Å². The van der Waals surface area contributed by atoms with Crippen LogP contribution in [0.4, 0.5) is 0 Å². The molecule has 2 rings (SSSR count). The first kappa shape index (κ1) is 15.8. The smallest absolute Gasteiger partial charge is 0.114 e. The molecule has 2 aromatic carbocycles. The van der Waals surface area contributed by atoms with E-state index in [0.717, 1.165) is 11.1 Å². The maximum Gasteiger partial charge on any atom is 0.114 e. The van der Waals surface area contributed by atoms with E-state index in [0.29, 0.717) is 11.6 Å². The van der Waals surface area contributed by atoms with Crippen LogP contribution in [0.2, 0.25) is 5.02 Å². The number of aliphatic hydroxyl groups is 1. The normalized spacial score (nSPS) is 15.2. The van der Waals surface area contributed by atoms with Crippen LogP contribution in [-0.2, 0) is 11.3 Å². The second-order valence-corrected chi connectivity index (χ2v) is 5.55. The Morgan fingerprint density at radius 1 is 1.19 bits per heavy atom. The summed E-state index contributed by atoms with van der Waals surface area (Å²) < 4.78 is 5.91. The highest BCUT2D eigenvalue weighted by Gasteiger charge is 2.32. The van der Waals surface area contributed by atoms with Crippen LogP contribution in [-0.4, -0.2) is 10.7 Å². The van der Waals surface area contributed by atoms with Gasteiger partial charge in [0.05, 0.1) is 6.61 Å². The molecule has 0 fully saturated rings. The maximum absolute atomic E-state index is 10.6. The Hall–Kier alpha value is -1.61. The van der Waals surface area contributed by atoms with Crippen LogP contribution in [0.3, 0.4) is 0 Å². The Kier molecular flexibility index (Phi) is 5.18. The lowest BCUT2D eigenvalue weighted by atomic mass is 9.92.